The Morgan fingerprint density at radius 3 is 2.59 bits per heavy atom. The molecule has 3 rings (SSSR count). The van der Waals surface area contributed by atoms with Crippen LogP contribution in [0, 0.1) is 0 Å². The number of allylic oxidation sites excluding steroid dienone is 2. The summed E-state index contributed by atoms with van der Waals surface area (Å²) < 4.78 is 11.7. The summed E-state index contributed by atoms with van der Waals surface area (Å²) in [7, 11) is 0. The summed E-state index contributed by atoms with van der Waals surface area (Å²) in [4.78, 5) is 10.7. The molecule has 2 aromatic carbocycles. The average molecular weight is 366 g/mol. The van der Waals surface area contributed by atoms with Crippen LogP contribution in [0.25, 0.3) is 0 Å². The van der Waals surface area contributed by atoms with Crippen LogP contribution in [-0.4, -0.2) is 22.3 Å². The third-order valence-electron chi connectivity index (χ3n) is 4.23. The molecule has 1 aliphatic carbocycles. The topological polar surface area (TPSA) is 76.0 Å². The molecule has 0 radical (unpaired) electrons. The van der Waals surface area contributed by atoms with Gasteiger partial charge in [0, 0.05) is 12.8 Å². The number of rotatable bonds is 8. The summed E-state index contributed by atoms with van der Waals surface area (Å²) in [5, 5.41) is 18.8. The van der Waals surface area contributed by atoms with Gasteiger partial charge in [0.25, 0.3) is 0 Å². The maximum absolute atomic E-state index is 10.7. The van der Waals surface area contributed by atoms with Crippen molar-refractivity contribution >= 4 is 5.97 Å². The van der Waals surface area contributed by atoms with Crippen LogP contribution in [0.2, 0.25) is 0 Å². The van der Waals surface area contributed by atoms with Gasteiger partial charge in [-0.1, -0.05) is 42.5 Å². The number of carboxylic acids is 1. The van der Waals surface area contributed by atoms with E-state index >= 15 is 0 Å². The van der Waals surface area contributed by atoms with Crippen molar-refractivity contribution in [2.45, 2.75) is 32.0 Å². The van der Waals surface area contributed by atoms with E-state index in [2.05, 4.69) is 0 Å². The number of hydrogen-bond acceptors (Lipinski definition) is 4. The number of hydrogen-bond donors (Lipinski definition) is 2. The fourth-order valence-electron chi connectivity index (χ4n) is 2.82. The molecule has 0 saturated carbocycles. The van der Waals surface area contributed by atoms with Crippen LogP contribution in [0.3, 0.4) is 0 Å². The molecule has 5 heteroatoms. The molecule has 0 aromatic heterocycles. The highest BCUT2D eigenvalue weighted by Gasteiger charge is 2.17. The summed E-state index contributed by atoms with van der Waals surface area (Å²) in [6, 6.07) is 17.2. The highest BCUT2D eigenvalue weighted by atomic mass is 16.5. The summed E-state index contributed by atoms with van der Waals surface area (Å²) in [5.41, 5.74) is 1.63. The van der Waals surface area contributed by atoms with Gasteiger partial charge in [-0.15, -0.1) is 0 Å². The number of ether oxygens (including phenoxy) is 2. The van der Waals surface area contributed by atoms with Crippen molar-refractivity contribution in [2.75, 3.05) is 0 Å². The number of carboxylic acid groups (broad SMARTS) is 1. The zero-order chi connectivity index (χ0) is 19.1. The molecule has 5 nitrogen and oxygen atoms in total. The minimum Gasteiger partial charge on any atom is -0.512 e. The van der Waals surface area contributed by atoms with Gasteiger partial charge in [-0.05, 0) is 41.8 Å². The Bertz CT molecular complexity index is 839. The van der Waals surface area contributed by atoms with Crippen molar-refractivity contribution < 1.29 is 24.5 Å². The second-order valence-electron chi connectivity index (χ2n) is 6.34. The quantitative estimate of drug-likeness (QED) is 0.687. The molecule has 27 heavy (non-hydrogen) atoms. The molecule has 2 aromatic rings. The van der Waals surface area contributed by atoms with E-state index in [9.17, 15) is 9.90 Å². The van der Waals surface area contributed by atoms with Gasteiger partial charge in [0.15, 0.2) is 0 Å². The number of aliphatic carboxylic acids is 1. The minimum absolute atomic E-state index is 0.00344. The Morgan fingerprint density at radius 1 is 1.07 bits per heavy atom. The molecule has 1 atom stereocenters. The van der Waals surface area contributed by atoms with Gasteiger partial charge in [-0.3, -0.25) is 4.79 Å². The molecule has 2 N–H and O–H groups in total. The molecular weight excluding hydrogens is 344 g/mol. The number of carbonyl (C=O) groups is 1. The molecule has 0 amide bonds. The van der Waals surface area contributed by atoms with Gasteiger partial charge in [0.1, 0.15) is 11.5 Å². The van der Waals surface area contributed by atoms with E-state index in [1.165, 1.54) is 0 Å². The first-order chi connectivity index (χ1) is 13.1. The standard InChI is InChI=1S/C22H22O5/c23-21-14-19(11-9-17(21)10-12-22(24)25)26-15-16-5-4-8-20(13-16)27-18-6-2-1-3-7-18/h1-9,11,13,19,23H,10,12,14-15H2,(H,24,25). The van der Waals surface area contributed by atoms with Crippen LogP contribution in [0.1, 0.15) is 24.8 Å². The highest BCUT2D eigenvalue weighted by molar-refractivity contribution is 5.67. The lowest BCUT2D eigenvalue weighted by molar-refractivity contribution is -0.136. The largest absolute Gasteiger partial charge is 0.512 e. The van der Waals surface area contributed by atoms with Crippen LogP contribution in [-0.2, 0) is 16.1 Å². The summed E-state index contributed by atoms with van der Waals surface area (Å²) >= 11 is 0. The van der Waals surface area contributed by atoms with Crippen molar-refractivity contribution in [1.29, 1.82) is 0 Å². The molecule has 0 fully saturated rings. The smallest absolute Gasteiger partial charge is 0.303 e. The Kier molecular flexibility index (Phi) is 6.28. The van der Waals surface area contributed by atoms with Gasteiger partial charge in [0.05, 0.1) is 18.5 Å². The Labute approximate surface area is 158 Å². The van der Waals surface area contributed by atoms with Crippen LogP contribution < -0.4 is 4.74 Å². The number of benzene rings is 2. The van der Waals surface area contributed by atoms with Gasteiger partial charge in [0.2, 0.25) is 0 Å². The van der Waals surface area contributed by atoms with E-state index in [1.807, 2.05) is 60.7 Å². The van der Waals surface area contributed by atoms with E-state index in [0.29, 0.717) is 25.0 Å². The van der Waals surface area contributed by atoms with Crippen LogP contribution >= 0.6 is 0 Å². The second-order valence-corrected chi connectivity index (χ2v) is 6.34. The van der Waals surface area contributed by atoms with Crippen molar-refractivity contribution in [1.82, 2.24) is 0 Å². The summed E-state index contributed by atoms with van der Waals surface area (Å²) in [6.07, 6.45) is 4.05. The molecule has 140 valence electrons. The van der Waals surface area contributed by atoms with Crippen molar-refractivity contribution in [2.24, 2.45) is 0 Å². The minimum atomic E-state index is -0.875. The first kappa shape index (κ1) is 18.7. The van der Waals surface area contributed by atoms with E-state index in [4.69, 9.17) is 14.6 Å². The molecule has 1 aliphatic rings. The molecule has 0 bridgehead atoms. The lowest BCUT2D eigenvalue weighted by atomic mass is 9.99. The monoisotopic (exact) mass is 366 g/mol. The Hall–Kier alpha value is -3.05. The zero-order valence-corrected chi connectivity index (χ0v) is 14.9. The lowest BCUT2D eigenvalue weighted by Crippen LogP contribution is -2.15. The SMILES string of the molecule is O=C(O)CCC1=C(O)CC(OCc2cccc(Oc3ccccc3)c2)C=C1. The number of aliphatic hydroxyl groups excluding tert-OH is 1. The van der Waals surface area contributed by atoms with Crippen molar-refractivity contribution in [3.05, 3.63) is 83.6 Å². The molecule has 0 heterocycles. The maximum atomic E-state index is 10.7. The van der Waals surface area contributed by atoms with E-state index < -0.39 is 5.97 Å². The lowest BCUT2D eigenvalue weighted by Gasteiger charge is -2.20. The van der Waals surface area contributed by atoms with Crippen molar-refractivity contribution in [3.63, 3.8) is 0 Å². The molecule has 0 spiro atoms. The van der Waals surface area contributed by atoms with Crippen LogP contribution in [0.5, 0.6) is 11.5 Å². The molecule has 0 saturated heterocycles. The molecule has 0 aliphatic heterocycles. The van der Waals surface area contributed by atoms with E-state index in [1.54, 1.807) is 6.08 Å². The van der Waals surface area contributed by atoms with Gasteiger partial charge < -0.3 is 19.7 Å². The predicted octanol–water partition coefficient (Wildman–Crippen LogP) is 5.00. The predicted molar refractivity (Wildman–Crippen MR) is 102 cm³/mol. The fourth-order valence-corrected chi connectivity index (χ4v) is 2.82. The third-order valence-corrected chi connectivity index (χ3v) is 4.23. The Balaban J connectivity index is 1.53. The third kappa shape index (κ3) is 5.72. The maximum Gasteiger partial charge on any atom is 0.303 e. The van der Waals surface area contributed by atoms with Crippen LogP contribution in [0.4, 0.5) is 0 Å². The number of aliphatic hydroxyl groups is 1. The van der Waals surface area contributed by atoms with Gasteiger partial charge in [-0.2, -0.15) is 0 Å². The zero-order valence-electron chi connectivity index (χ0n) is 14.9. The fraction of sp³-hybridized carbons (Fsp3) is 0.227. The Morgan fingerprint density at radius 2 is 1.85 bits per heavy atom. The van der Waals surface area contributed by atoms with E-state index in [0.717, 1.165) is 17.1 Å². The van der Waals surface area contributed by atoms with Crippen molar-refractivity contribution in [3.8, 4) is 11.5 Å². The number of para-hydroxylation sites is 1. The molecular formula is C22H22O5. The highest BCUT2D eigenvalue weighted by Crippen LogP contribution is 2.25. The first-order valence-electron chi connectivity index (χ1n) is 8.84. The average Bonchev–Trinajstić information content (AvgIpc) is 2.66. The second kappa shape index (κ2) is 9.05. The van der Waals surface area contributed by atoms with E-state index in [-0.39, 0.29) is 18.3 Å². The summed E-state index contributed by atoms with van der Waals surface area (Å²) in [5.74, 6) is 0.833. The first-order valence-corrected chi connectivity index (χ1v) is 8.84. The van der Waals surface area contributed by atoms with Gasteiger partial charge in [-0.25, -0.2) is 0 Å². The normalized spacial score (nSPS) is 16.4. The van der Waals surface area contributed by atoms with Gasteiger partial charge >= 0.3 is 5.97 Å². The molecule has 1 unspecified atom stereocenters. The summed E-state index contributed by atoms with van der Waals surface area (Å²) in [6.45, 7) is 0.388. The van der Waals surface area contributed by atoms with Crippen LogP contribution in [0.15, 0.2) is 78.1 Å².